The molecule has 6 heteroatoms. The minimum Gasteiger partial charge on any atom is -0.465 e. The fourth-order valence-electron chi connectivity index (χ4n) is 2.29. The minimum absolute atomic E-state index is 0.344. The fourth-order valence-corrected chi connectivity index (χ4v) is 2.29. The molecule has 0 aliphatic rings. The Morgan fingerprint density at radius 2 is 1.87 bits per heavy atom. The van der Waals surface area contributed by atoms with E-state index in [-0.39, 0.29) is 5.91 Å². The van der Waals surface area contributed by atoms with Crippen LogP contribution in [0.2, 0.25) is 0 Å². The van der Waals surface area contributed by atoms with Crippen LogP contribution in [0.3, 0.4) is 0 Å². The van der Waals surface area contributed by atoms with E-state index in [0.717, 1.165) is 0 Å². The molecule has 0 saturated heterocycles. The zero-order valence-corrected chi connectivity index (χ0v) is 12.2. The number of benzene rings is 2. The average molecular weight is 312 g/mol. The first-order chi connectivity index (χ1) is 11.1. The number of anilines is 1. The highest BCUT2D eigenvalue weighted by Crippen LogP contribution is 2.21. The van der Waals surface area contributed by atoms with Crippen LogP contribution in [0.1, 0.15) is 20.7 Å². The quantitative estimate of drug-likeness (QED) is 0.729. The zero-order valence-electron chi connectivity index (χ0n) is 12.2. The van der Waals surface area contributed by atoms with Gasteiger partial charge in [-0.1, -0.05) is 0 Å². The van der Waals surface area contributed by atoms with Crippen LogP contribution < -0.4 is 5.32 Å². The van der Waals surface area contributed by atoms with Crippen LogP contribution in [-0.2, 0) is 4.74 Å². The third-order valence-electron chi connectivity index (χ3n) is 3.45. The van der Waals surface area contributed by atoms with E-state index in [1.54, 1.807) is 30.3 Å². The summed E-state index contributed by atoms with van der Waals surface area (Å²) in [6.07, 6.45) is 1.53. The topological polar surface area (TPSA) is 71.2 Å². The van der Waals surface area contributed by atoms with Crippen LogP contribution in [0.15, 0.2) is 48.7 Å². The van der Waals surface area contributed by atoms with Crippen molar-refractivity contribution in [2.24, 2.45) is 0 Å². The van der Waals surface area contributed by atoms with Crippen molar-refractivity contribution in [3.63, 3.8) is 0 Å². The Morgan fingerprint density at radius 3 is 2.57 bits per heavy atom. The van der Waals surface area contributed by atoms with Gasteiger partial charge >= 0.3 is 5.97 Å². The van der Waals surface area contributed by atoms with Crippen LogP contribution in [0.25, 0.3) is 10.9 Å². The summed E-state index contributed by atoms with van der Waals surface area (Å²) in [5, 5.41) is 3.21. The largest absolute Gasteiger partial charge is 0.465 e. The van der Waals surface area contributed by atoms with Gasteiger partial charge in [0.05, 0.1) is 18.2 Å². The second-order valence-electron chi connectivity index (χ2n) is 4.92. The van der Waals surface area contributed by atoms with Crippen molar-refractivity contribution in [2.75, 3.05) is 12.4 Å². The maximum absolute atomic E-state index is 13.3. The van der Waals surface area contributed by atoms with Crippen molar-refractivity contribution in [2.45, 2.75) is 0 Å². The molecule has 0 radical (unpaired) electrons. The molecule has 0 bridgehead atoms. The third kappa shape index (κ3) is 2.91. The standard InChI is InChI=1S/C17H13FN2O3/c1-23-17(22)10-2-5-12(6-3-10)20-16(21)14-9-19-15-7-4-11(18)8-13(14)15/h2-9,19H,1H3,(H,20,21). The lowest BCUT2D eigenvalue weighted by Gasteiger charge is -2.05. The summed E-state index contributed by atoms with van der Waals surface area (Å²) in [5.41, 5.74) is 1.93. The second-order valence-corrected chi connectivity index (χ2v) is 4.92. The molecule has 116 valence electrons. The van der Waals surface area contributed by atoms with E-state index < -0.39 is 11.8 Å². The first kappa shape index (κ1) is 14.8. The van der Waals surface area contributed by atoms with Gasteiger partial charge in [-0.25, -0.2) is 9.18 Å². The molecule has 0 saturated carbocycles. The summed E-state index contributed by atoms with van der Waals surface area (Å²) in [4.78, 5) is 26.6. The molecule has 2 aromatic carbocycles. The molecule has 0 aliphatic heterocycles. The van der Waals surface area contributed by atoms with Crippen molar-refractivity contribution in [3.8, 4) is 0 Å². The molecule has 3 rings (SSSR count). The van der Waals surface area contributed by atoms with Gasteiger partial charge in [0.15, 0.2) is 0 Å². The van der Waals surface area contributed by atoms with Crippen molar-refractivity contribution in [1.29, 1.82) is 0 Å². The summed E-state index contributed by atoms with van der Waals surface area (Å²) in [5.74, 6) is -1.23. The summed E-state index contributed by atoms with van der Waals surface area (Å²) in [7, 11) is 1.30. The Labute approximate surface area is 131 Å². The van der Waals surface area contributed by atoms with E-state index in [0.29, 0.717) is 27.7 Å². The predicted molar refractivity (Wildman–Crippen MR) is 84.0 cm³/mol. The van der Waals surface area contributed by atoms with Gasteiger partial charge in [-0.2, -0.15) is 0 Å². The van der Waals surface area contributed by atoms with Crippen molar-refractivity contribution in [3.05, 3.63) is 65.6 Å². The molecule has 23 heavy (non-hydrogen) atoms. The number of halogens is 1. The first-order valence-electron chi connectivity index (χ1n) is 6.85. The molecule has 0 fully saturated rings. The lowest BCUT2D eigenvalue weighted by atomic mass is 10.1. The number of ether oxygens (including phenoxy) is 1. The Kier molecular flexibility index (Phi) is 3.80. The zero-order chi connectivity index (χ0) is 16.4. The van der Waals surface area contributed by atoms with Crippen molar-refractivity contribution in [1.82, 2.24) is 4.98 Å². The molecule has 3 aromatic rings. The van der Waals surface area contributed by atoms with Crippen molar-refractivity contribution < 1.29 is 18.7 Å². The molecule has 2 N–H and O–H groups in total. The van der Waals surface area contributed by atoms with Gasteiger partial charge in [0.2, 0.25) is 0 Å². The summed E-state index contributed by atoms with van der Waals surface area (Å²) in [6, 6.07) is 10.5. The Bertz CT molecular complexity index is 884. The van der Waals surface area contributed by atoms with Gasteiger partial charge in [0.25, 0.3) is 5.91 Å². The molecule has 0 spiro atoms. The number of aromatic amines is 1. The predicted octanol–water partition coefficient (Wildman–Crippen LogP) is 3.35. The van der Waals surface area contributed by atoms with Gasteiger partial charge < -0.3 is 15.0 Å². The molecule has 1 aromatic heterocycles. The minimum atomic E-state index is -0.449. The van der Waals surface area contributed by atoms with Gasteiger partial charge in [0, 0.05) is 22.8 Å². The molecule has 0 unspecified atom stereocenters. The highest BCUT2D eigenvalue weighted by atomic mass is 19.1. The number of hydrogen-bond donors (Lipinski definition) is 2. The Morgan fingerprint density at radius 1 is 1.13 bits per heavy atom. The van der Waals surface area contributed by atoms with Crippen LogP contribution >= 0.6 is 0 Å². The lowest BCUT2D eigenvalue weighted by Crippen LogP contribution is -2.11. The molecule has 1 heterocycles. The van der Waals surface area contributed by atoms with Crippen LogP contribution in [-0.4, -0.2) is 24.0 Å². The number of nitrogens with one attached hydrogen (secondary N) is 2. The summed E-state index contributed by atoms with van der Waals surface area (Å²) in [6.45, 7) is 0. The maximum Gasteiger partial charge on any atom is 0.337 e. The molecule has 5 nitrogen and oxygen atoms in total. The SMILES string of the molecule is COC(=O)c1ccc(NC(=O)c2c[nH]c3ccc(F)cc23)cc1. The Hall–Kier alpha value is -3.15. The van der Waals surface area contributed by atoms with E-state index >= 15 is 0 Å². The van der Waals surface area contributed by atoms with E-state index in [1.807, 2.05) is 0 Å². The molecular formula is C17H13FN2O3. The van der Waals surface area contributed by atoms with E-state index in [4.69, 9.17) is 0 Å². The van der Waals surface area contributed by atoms with Crippen LogP contribution in [0, 0.1) is 5.82 Å². The number of amides is 1. The molecule has 1 amide bonds. The van der Waals surface area contributed by atoms with Gasteiger partial charge in [-0.3, -0.25) is 4.79 Å². The number of methoxy groups -OCH3 is 1. The molecular weight excluding hydrogens is 299 g/mol. The summed E-state index contributed by atoms with van der Waals surface area (Å²) >= 11 is 0. The number of rotatable bonds is 3. The van der Waals surface area contributed by atoms with Gasteiger partial charge in [-0.15, -0.1) is 0 Å². The van der Waals surface area contributed by atoms with Gasteiger partial charge in [0.1, 0.15) is 5.82 Å². The number of carbonyl (C=O) groups excluding carboxylic acids is 2. The number of carbonyl (C=O) groups is 2. The third-order valence-corrected chi connectivity index (χ3v) is 3.45. The second kappa shape index (κ2) is 5.92. The Balaban J connectivity index is 1.83. The number of esters is 1. The number of hydrogen-bond acceptors (Lipinski definition) is 3. The highest BCUT2D eigenvalue weighted by Gasteiger charge is 2.13. The smallest absolute Gasteiger partial charge is 0.337 e. The number of aromatic nitrogens is 1. The number of fused-ring (bicyclic) bond motifs is 1. The molecule has 0 atom stereocenters. The number of H-pyrrole nitrogens is 1. The highest BCUT2D eigenvalue weighted by molar-refractivity contribution is 6.12. The average Bonchev–Trinajstić information content (AvgIpc) is 2.98. The van der Waals surface area contributed by atoms with E-state index in [9.17, 15) is 14.0 Å². The van der Waals surface area contributed by atoms with Crippen molar-refractivity contribution >= 4 is 28.5 Å². The first-order valence-corrected chi connectivity index (χ1v) is 6.85. The summed E-state index contributed by atoms with van der Waals surface area (Å²) < 4.78 is 18.0. The molecule has 0 aliphatic carbocycles. The normalized spacial score (nSPS) is 10.5. The monoisotopic (exact) mass is 312 g/mol. The van der Waals surface area contributed by atoms with Crippen LogP contribution in [0.5, 0.6) is 0 Å². The fraction of sp³-hybridized carbons (Fsp3) is 0.0588. The van der Waals surface area contributed by atoms with E-state index in [2.05, 4.69) is 15.0 Å². The van der Waals surface area contributed by atoms with E-state index in [1.165, 1.54) is 25.4 Å². The van der Waals surface area contributed by atoms with Gasteiger partial charge in [-0.05, 0) is 42.5 Å². The van der Waals surface area contributed by atoms with Crippen LogP contribution in [0.4, 0.5) is 10.1 Å². The maximum atomic E-state index is 13.3. The lowest BCUT2D eigenvalue weighted by molar-refractivity contribution is 0.0600.